The molecule has 1 aliphatic heterocycles. The second kappa shape index (κ2) is 7.66. The average molecular weight is 364 g/mol. The maximum Gasteiger partial charge on any atom is 0.254 e. The molecule has 0 aliphatic carbocycles. The normalized spacial score (nSPS) is 15.4. The van der Waals surface area contributed by atoms with Gasteiger partial charge in [0.1, 0.15) is 18.4 Å². The Hall–Kier alpha value is -3.08. The number of benzene rings is 2. The van der Waals surface area contributed by atoms with Crippen LogP contribution in [-0.2, 0) is 16.1 Å². The van der Waals surface area contributed by atoms with Crippen LogP contribution in [-0.4, -0.2) is 18.4 Å². The first kappa shape index (κ1) is 18.7. The lowest BCUT2D eigenvalue weighted by Crippen LogP contribution is -2.36. The standard InChI is InChI=1S/C22H24N2O3/c1-5-10-27-19-9-7-6-8-17(19)13-24-21-15(3)11-14(2)12-18(21)20(22(24)26)23-16(4)25/h5-9,11-12,20H,1,10,13H2,2-4H3,(H,23,25). The smallest absolute Gasteiger partial charge is 0.254 e. The van der Waals surface area contributed by atoms with E-state index in [4.69, 9.17) is 4.74 Å². The molecule has 5 heteroatoms. The zero-order valence-corrected chi connectivity index (χ0v) is 15.9. The predicted molar refractivity (Wildman–Crippen MR) is 106 cm³/mol. The molecule has 5 nitrogen and oxygen atoms in total. The van der Waals surface area contributed by atoms with Gasteiger partial charge in [0.2, 0.25) is 5.91 Å². The van der Waals surface area contributed by atoms with Crippen molar-refractivity contribution in [3.8, 4) is 5.75 Å². The molecule has 1 atom stereocenters. The Kier molecular flexibility index (Phi) is 5.31. The second-order valence-electron chi connectivity index (χ2n) is 6.78. The fourth-order valence-electron chi connectivity index (χ4n) is 3.57. The van der Waals surface area contributed by atoms with Crippen LogP contribution in [0.25, 0.3) is 0 Å². The lowest BCUT2D eigenvalue weighted by atomic mass is 10.0. The Labute approximate surface area is 159 Å². The monoisotopic (exact) mass is 364 g/mol. The van der Waals surface area contributed by atoms with E-state index in [1.54, 1.807) is 11.0 Å². The van der Waals surface area contributed by atoms with Crippen molar-refractivity contribution in [2.45, 2.75) is 33.4 Å². The van der Waals surface area contributed by atoms with Crippen molar-refractivity contribution in [3.63, 3.8) is 0 Å². The van der Waals surface area contributed by atoms with Crippen LogP contribution in [0, 0.1) is 13.8 Å². The van der Waals surface area contributed by atoms with Crippen LogP contribution in [0.5, 0.6) is 5.75 Å². The van der Waals surface area contributed by atoms with Crippen LogP contribution in [0.15, 0.2) is 49.1 Å². The van der Waals surface area contributed by atoms with Gasteiger partial charge in [-0.25, -0.2) is 0 Å². The maximum absolute atomic E-state index is 13.1. The van der Waals surface area contributed by atoms with Gasteiger partial charge in [-0.3, -0.25) is 9.59 Å². The predicted octanol–water partition coefficient (Wildman–Crippen LogP) is 3.59. The van der Waals surface area contributed by atoms with Gasteiger partial charge in [0.25, 0.3) is 5.91 Å². The molecule has 1 N–H and O–H groups in total. The number of ether oxygens (including phenoxy) is 1. The van der Waals surface area contributed by atoms with Gasteiger partial charge >= 0.3 is 0 Å². The molecule has 3 rings (SSSR count). The van der Waals surface area contributed by atoms with Gasteiger partial charge < -0.3 is 15.0 Å². The highest BCUT2D eigenvalue weighted by molar-refractivity contribution is 6.06. The highest BCUT2D eigenvalue weighted by Crippen LogP contribution is 2.40. The lowest BCUT2D eigenvalue weighted by molar-refractivity contribution is -0.126. The summed E-state index contributed by atoms with van der Waals surface area (Å²) in [6.07, 6.45) is 1.69. The summed E-state index contributed by atoms with van der Waals surface area (Å²) < 4.78 is 5.73. The minimum atomic E-state index is -0.655. The van der Waals surface area contributed by atoms with E-state index in [0.717, 1.165) is 33.7 Å². The van der Waals surface area contributed by atoms with Crippen LogP contribution >= 0.6 is 0 Å². The summed E-state index contributed by atoms with van der Waals surface area (Å²) in [7, 11) is 0. The molecule has 140 valence electrons. The molecule has 27 heavy (non-hydrogen) atoms. The Morgan fingerprint density at radius 3 is 2.74 bits per heavy atom. The topological polar surface area (TPSA) is 58.6 Å². The van der Waals surface area contributed by atoms with Crippen LogP contribution in [0.3, 0.4) is 0 Å². The SMILES string of the molecule is C=CCOc1ccccc1CN1C(=O)C(NC(C)=O)c2cc(C)cc(C)c21. The van der Waals surface area contributed by atoms with Crippen molar-refractivity contribution >= 4 is 17.5 Å². The Balaban J connectivity index is 2.01. The van der Waals surface area contributed by atoms with Crippen molar-refractivity contribution in [2.75, 3.05) is 11.5 Å². The first-order valence-electron chi connectivity index (χ1n) is 8.93. The van der Waals surface area contributed by atoms with E-state index in [1.807, 2.05) is 44.2 Å². The van der Waals surface area contributed by atoms with Gasteiger partial charge in [-0.05, 0) is 25.5 Å². The number of nitrogens with one attached hydrogen (secondary N) is 1. The molecule has 2 aromatic rings. The van der Waals surface area contributed by atoms with Crippen molar-refractivity contribution in [1.82, 2.24) is 5.32 Å². The molecular weight excluding hydrogens is 340 g/mol. The second-order valence-corrected chi connectivity index (χ2v) is 6.78. The molecule has 0 saturated carbocycles. The van der Waals surface area contributed by atoms with Gasteiger partial charge in [0, 0.05) is 18.1 Å². The Morgan fingerprint density at radius 2 is 2.04 bits per heavy atom. The lowest BCUT2D eigenvalue weighted by Gasteiger charge is -2.21. The van der Waals surface area contributed by atoms with Gasteiger partial charge in [-0.2, -0.15) is 0 Å². The molecule has 0 bridgehead atoms. The quantitative estimate of drug-likeness (QED) is 0.797. The van der Waals surface area contributed by atoms with Crippen LogP contribution in [0.1, 0.15) is 35.2 Å². The molecule has 0 aromatic heterocycles. The molecule has 1 aliphatic rings. The third kappa shape index (κ3) is 3.72. The summed E-state index contributed by atoms with van der Waals surface area (Å²) in [6, 6.07) is 11.0. The van der Waals surface area contributed by atoms with Gasteiger partial charge in [-0.1, -0.05) is 48.6 Å². The molecule has 0 fully saturated rings. The zero-order valence-electron chi connectivity index (χ0n) is 15.9. The molecule has 2 aromatic carbocycles. The van der Waals surface area contributed by atoms with Gasteiger partial charge in [-0.15, -0.1) is 0 Å². The minimum absolute atomic E-state index is 0.132. The maximum atomic E-state index is 13.1. The summed E-state index contributed by atoms with van der Waals surface area (Å²) >= 11 is 0. The largest absolute Gasteiger partial charge is 0.489 e. The third-order valence-electron chi connectivity index (χ3n) is 4.57. The summed E-state index contributed by atoms with van der Waals surface area (Å²) in [5.41, 5.74) is 4.68. The number of hydrogen-bond acceptors (Lipinski definition) is 3. The van der Waals surface area contributed by atoms with Gasteiger partial charge in [0.05, 0.1) is 12.2 Å². The number of rotatable bonds is 6. The number of aryl methyl sites for hydroxylation is 2. The van der Waals surface area contributed by atoms with E-state index >= 15 is 0 Å². The molecule has 0 spiro atoms. The van der Waals surface area contributed by atoms with Crippen LogP contribution in [0.2, 0.25) is 0 Å². The minimum Gasteiger partial charge on any atom is -0.489 e. The number of anilines is 1. The first-order valence-corrected chi connectivity index (χ1v) is 8.93. The molecule has 1 unspecified atom stereocenters. The highest BCUT2D eigenvalue weighted by Gasteiger charge is 2.39. The highest BCUT2D eigenvalue weighted by atomic mass is 16.5. The van der Waals surface area contributed by atoms with E-state index in [2.05, 4.69) is 18.0 Å². The Bertz CT molecular complexity index is 904. The first-order chi connectivity index (χ1) is 12.9. The summed E-state index contributed by atoms with van der Waals surface area (Å²) in [5.74, 6) is 0.363. The zero-order chi connectivity index (χ0) is 19.6. The molecule has 1 heterocycles. The number of nitrogens with zero attached hydrogens (tertiary/aromatic N) is 1. The molecular formula is C22H24N2O3. The number of fused-ring (bicyclic) bond motifs is 1. The van der Waals surface area contributed by atoms with Crippen molar-refractivity contribution in [1.29, 1.82) is 0 Å². The third-order valence-corrected chi connectivity index (χ3v) is 4.57. The van der Waals surface area contributed by atoms with E-state index in [0.29, 0.717) is 13.2 Å². The number of hydrogen-bond donors (Lipinski definition) is 1. The fourth-order valence-corrected chi connectivity index (χ4v) is 3.57. The van der Waals surface area contributed by atoms with E-state index in [9.17, 15) is 9.59 Å². The number of carbonyl (C=O) groups is 2. The number of para-hydroxylation sites is 1. The van der Waals surface area contributed by atoms with Gasteiger partial charge in [0.15, 0.2) is 0 Å². The molecule has 0 radical (unpaired) electrons. The number of amides is 2. The average Bonchev–Trinajstić information content (AvgIpc) is 2.86. The van der Waals surface area contributed by atoms with Crippen molar-refractivity contribution in [2.24, 2.45) is 0 Å². The van der Waals surface area contributed by atoms with Crippen molar-refractivity contribution in [3.05, 3.63) is 71.3 Å². The summed E-state index contributed by atoms with van der Waals surface area (Å²) in [5, 5.41) is 2.79. The van der Waals surface area contributed by atoms with Crippen LogP contribution in [0.4, 0.5) is 5.69 Å². The summed E-state index contributed by atoms with van der Waals surface area (Å²) in [4.78, 5) is 26.5. The van der Waals surface area contributed by atoms with Crippen LogP contribution < -0.4 is 15.0 Å². The summed E-state index contributed by atoms with van der Waals surface area (Å²) in [6.45, 7) is 9.85. The molecule has 2 amide bonds. The number of carbonyl (C=O) groups excluding carboxylic acids is 2. The molecule has 0 saturated heterocycles. The van der Waals surface area contributed by atoms with Crippen molar-refractivity contribution < 1.29 is 14.3 Å². The van der Waals surface area contributed by atoms with E-state index in [1.165, 1.54) is 6.92 Å². The Morgan fingerprint density at radius 1 is 1.30 bits per heavy atom. The fraction of sp³-hybridized carbons (Fsp3) is 0.273. The van der Waals surface area contributed by atoms with E-state index in [-0.39, 0.29) is 11.8 Å². The van der Waals surface area contributed by atoms with E-state index < -0.39 is 6.04 Å².